The van der Waals surface area contributed by atoms with E-state index >= 15 is 0 Å². The summed E-state index contributed by atoms with van der Waals surface area (Å²) < 4.78 is 0. The lowest BCUT2D eigenvalue weighted by Gasteiger charge is -2.09. The van der Waals surface area contributed by atoms with Gasteiger partial charge in [-0.05, 0) is 38.3 Å². The van der Waals surface area contributed by atoms with E-state index in [2.05, 4.69) is 18.8 Å². The van der Waals surface area contributed by atoms with Crippen molar-refractivity contribution in [3.05, 3.63) is 12.7 Å². The summed E-state index contributed by atoms with van der Waals surface area (Å²) in [5.41, 5.74) is 0. The fraction of sp³-hybridized carbons (Fsp3) is 0.727. The topological polar surface area (TPSA) is 49.3 Å². The number of aliphatic carboxylic acids is 1. The summed E-state index contributed by atoms with van der Waals surface area (Å²) in [7, 11) is 0. The third kappa shape index (κ3) is 9.26. The zero-order valence-corrected chi connectivity index (χ0v) is 8.96. The molecule has 82 valence electrons. The SMILES string of the molecule is C=CCCNCCC(C)CCC(=O)O. The van der Waals surface area contributed by atoms with Crippen molar-refractivity contribution in [3.8, 4) is 0 Å². The Bertz CT molecular complexity index is 169. The van der Waals surface area contributed by atoms with Gasteiger partial charge in [0, 0.05) is 6.42 Å². The smallest absolute Gasteiger partial charge is 0.303 e. The first-order valence-electron chi connectivity index (χ1n) is 5.20. The molecule has 0 rings (SSSR count). The lowest BCUT2D eigenvalue weighted by molar-refractivity contribution is -0.137. The van der Waals surface area contributed by atoms with Crippen molar-refractivity contribution >= 4 is 5.97 Å². The third-order valence-electron chi connectivity index (χ3n) is 2.19. The molecule has 0 fully saturated rings. The van der Waals surface area contributed by atoms with E-state index in [9.17, 15) is 4.79 Å². The largest absolute Gasteiger partial charge is 0.481 e. The second kappa shape index (κ2) is 8.75. The van der Waals surface area contributed by atoms with Gasteiger partial charge < -0.3 is 10.4 Å². The Kier molecular flexibility index (Phi) is 8.24. The van der Waals surface area contributed by atoms with Gasteiger partial charge in [-0.1, -0.05) is 13.0 Å². The van der Waals surface area contributed by atoms with Crippen LogP contribution in [0, 0.1) is 5.92 Å². The highest BCUT2D eigenvalue weighted by molar-refractivity contribution is 5.66. The van der Waals surface area contributed by atoms with Gasteiger partial charge in [0.1, 0.15) is 0 Å². The zero-order chi connectivity index (χ0) is 10.8. The lowest BCUT2D eigenvalue weighted by Crippen LogP contribution is -2.18. The number of carboxylic acids is 1. The van der Waals surface area contributed by atoms with Gasteiger partial charge >= 0.3 is 5.97 Å². The van der Waals surface area contributed by atoms with Gasteiger partial charge in [0.25, 0.3) is 0 Å². The Hall–Kier alpha value is -0.830. The van der Waals surface area contributed by atoms with E-state index in [0.717, 1.165) is 32.4 Å². The van der Waals surface area contributed by atoms with Crippen LogP contribution in [-0.4, -0.2) is 24.2 Å². The normalized spacial score (nSPS) is 12.4. The molecular formula is C11H21NO2. The van der Waals surface area contributed by atoms with Crippen LogP contribution in [0.1, 0.15) is 32.6 Å². The number of hydrogen-bond acceptors (Lipinski definition) is 2. The second-order valence-electron chi connectivity index (χ2n) is 3.65. The summed E-state index contributed by atoms with van der Waals surface area (Å²) in [6.07, 6.45) is 4.99. The molecule has 1 unspecified atom stereocenters. The minimum atomic E-state index is -0.698. The molecule has 0 saturated heterocycles. The standard InChI is InChI=1S/C11H21NO2/c1-3-4-8-12-9-7-10(2)5-6-11(13)14/h3,10,12H,1,4-9H2,2H3,(H,13,14). The van der Waals surface area contributed by atoms with Crippen molar-refractivity contribution in [2.75, 3.05) is 13.1 Å². The molecule has 14 heavy (non-hydrogen) atoms. The van der Waals surface area contributed by atoms with Crippen LogP contribution in [0.25, 0.3) is 0 Å². The van der Waals surface area contributed by atoms with Gasteiger partial charge in [-0.25, -0.2) is 0 Å². The predicted octanol–water partition coefficient (Wildman–Crippen LogP) is 2.04. The highest BCUT2D eigenvalue weighted by Crippen LogP contribution is 2.08. The fourth-order valence-electron chi connectivity index (χ4n) is 1.19. The van der Waals surface area contributed by atoms with Crippen molar-refractivity contribution in [2.24, 2.45) is 5.92 Å². The Morgan fingerprint density at radius 1 is 1.50 bits per heavy atom. The maximum Gasteiger partial charge on any atom is 0.303 e. The summed E-state index contributed by atoms with van der Waals surface area (Å²) in [4.78, 5) is 10.3. The number of carboxylic acid groups (broad SMARTS) is 1. The van der Waals surface area contributed by atoms with Crippen LogP contribution in [0.2, 0.25) is 0 Å². The molecule has 0 radical (unpaired) electrons. The fourth-order valence-corrected chi connectivity index (χ4v) is 1.19. The van der Waals surface area contributed by atoms with Gasteiger partial charge in [-0.2, -0.15) is 0 Å². The molecule has 2 N–H and O–H groups in total. The molecule has 0 heterocycles. The van der Waals surface area contributed by atoms with Crippen LogP contribution in [0.4, 0.5) is 0 Å². The van der Waals surface area contributed by atoms with Crippen molar-refractivity contribution in [3.63, 3.8) is 0 Å². The predicted molar refractivity (Wildman–Crippen MR) is 58.3 cm³/mol. The molecule has 3 nitrogen and oxygen atoms in total. The molecule has 0 spiro atoms. The first-order valence-corrected chi connectivity index (χ1v) is 5.20. The summed E-state index contributed by atoms with van der Waals surface area (Å²) in [6, 6.07) is 0. The summed E-state index contributed by atoms with van der Waals surface area (Å²) >= 11 is 0. The van der Waals surface area contributed by atoms with Crippen molar-refractivity contribution in [2.45, 2.75) is 32.6 Å². The molecule has 0 bridgehead atoms. The average molecular weight is 199 g/mol. The van der Waals surface area contributed by atoms with Crippen molar-refractivity contribution < 1.29 is 9.90 Å². The van der Waals surface area contributed by atoms with Gasteiger partial charge in [-0.15, -0.1) is 6.58 Å². The first kappa shape index (κ1) is 13.2. The summed E-state index contributed by atoms with van der Waals surface area (Å²) in [6.45, 7) is 7.67. The van der Waals surface area contributed by atoms with Crippen molar-refractivity contribution in [1.29, 1.82) is 0 Å². The van der Waals surface area contributed by atoms with E-state index in [4.69, 9.17) is 5.11 Å². The van der Waals surface area contributed by atoms with E-state index in [1.807, 2.05) is 6.08 Å². The van der Waals surface area contributed by atoms with E-state index in [1.165, 1.54) is 0 Å². The number of rotatable bonds is 9. The van der Waals surface area contributed by atoms with Crippen LogP contribution in [0.3, 0.4) is 0 Å². The maximum atomic E-state index is 10.3. The maximum absolute atomic E-state index is 10.3. The highest BCUT2D eigenvalue weighted by Gasteiger charge is 2.04. The van der Waals surface area contributed by atoms with Crippen LogP contribution in [0.15, 0.2) is 12.7 Å². The van der Waals surface area contributed by atoms with E-state index in [1.54, 1.807) is 0 Å². The monoisotopic (exact) mass is 199 g/mol. The molecule has 0 aromatic rings. The molecule has 0 aliphatic carbocycles. The summed E-state index contributed by atoms with van der Waals surface area (Å²) in [5.74, 6) is -0.209. The Labute approximate surface area is 86.2 Å². The second-order valence-corrected chi connectivity index (χ2v) is 3.65. The molecule has 0 amide bonds. The van der Waals surface area contributed by atoms with Gasteiger partial charge in [-0.3, -0.25) is 4.79 Å². The molecule has 1 atom stereocenters. The Balaban J connectivity index is 3.21. The van der Waals surface area contributed by atoms with E-state index in [0.29, 0.717) is 5.92 Å². The number of hydrogen-bond donors (Lipinski definition) is 2. The van der Waals surface area contributed by atoms with E-state index in [-0.39, 0.29) is 6.42 Å². The van der Waals surface area contributed by atoms with E-state index < -0.39 is 5.97 Å². The molecule has 0 saturated carbocycles. The van der Waals surface area contributed by atoms with Crippen LogP contribution in [-0.2, 0) is 4.79 Å². The molecule has 0 aliphatic heterocycles. The number of carbonyl (C=O) groups is 1. The van der Waals surface area contributed by atoms with Gasteiger partial charge in [0.05, 0.1) is 0 Å². The van der Waals surface area contributed by atoms with Crippen LogP contribution in [0.5, 0.6) is 0 Å². The third-order valence-corrected chi connectivity index (χ3v) is 2.19. The van der Waals surface area contributed by atoms with Gasteiger partial charge in [0.15, 0.2) is 0 Å². The highest BCUT2D eigenvalue weighted by atomic mass is 16.4. The number of nitrogens with one attached hydrogen (secondary N) is 1. The first-order chi connectivity index (χ1) is 6.66. The van der Waals surface area contributed by atoms with Crippen LogP contribution >= 0.6 is 0 Å². The molecular weight excluding hydrogens is 178 g/mol. The lowest BCUT2D eigenvalue weighted by atomic mass is 10.0. The zero-order valence-electron chi connectivity index (χ0n) is 8.96. The minimum Gasteiger partial charge on any atom is -0.481 e. The minimum absolute atomic E-state index is 0.286. The Morgan fingerprint density at radius 2 is 2.21 bits per heavy atom. The molecule has 0 aromatic carbocycles. The average Bonchev–Trinajstić information content (AvgIpc) is 2.14. The molecule has 3 heteroatoms. The quantitative estimate of drug-likeness (QED) is 0.441. The van der Waals surface area contributed by atoms with Gasteiger partial charge in [0.2, 0.25) is 0 Å². The van der Waals surface area contributed by atoms with Crippen molar-refractivity contribution in [1.82, 2.24) is 5.32 Å². The molecule has 0 aliphatic rings. The van der Waals surface area contributed by atoms with Crippen LogP contribution < -0.4 is 5.32 Å². The molecule has 0 aromatic heterocycles. The Morgan fingerprint density at radius 3 is 2.79 bits per heavy atom. The summed E-state index contributed by atoms with van der Waals surface area (Å²) in [5, 5.41) is 11.8.